The van der Waals surface area contributed by atoms with Gasteiger partial charge in [0.25, 0.3) is 5.91 Å². The van der Waals surface area contributed by atoms with Gasteiger partial charge in [0.1, 0.15) is 5.01 Å². The average molecular weight is 487 g/mol. The van der Waals surface area contributed by atoms with E-state index in [-0.39, 0.29) is 29.9 Å². The lowest BCUT2D eigenvalue weighted by atomic mass is 10.1. The van der Waals surface area contributed by atoms with E-state index in [1.54, 1.807) is 11.3 Å². The van der Waals surface area contributed by atoms with Gasteiger partial charge in [-0.15, -0.1) is 35.3 Å². The summed E-state index contributed by atoms with van der Waals surface area (Å²) in [6, 6.07) is 7.52. The second-order valence-electron chi connectivity index (χ2n) is 5.47. The van der Waals surface area contributed by atoms with Gasteiger partial charge in [0.2, 0.25) is 0 Å². The van der Waals surface area contributed by atoms with Gasteiger partial charge in [-0.25, -0.2) is 9.98 Å². The summed E-state index contributed by atoms with van der Waals surface area (Å²) in [5.41, 5.74) is 1.72. The van der Waals surface area contributed by atoms with Gasteiger partial charge in [0, 0.05) is 29.7 Å². The first-order valence-corrected chi connectivity index (χ1v) is 9.24. The van der Waals surface area contributed by atoms with Crippen molar-refractivity contribution < 1.29 is 4.79 Å². The molecule has 0 unspecified atom stereocenters. The van der Waals surface area contributed by atoms with Crippen LogP contribution >= 0.6 is 35.3 Å². The fourth-order valence-corrected chi connectivity index (χ4v) is 2.91. The van der Waals surface area contributed by atoms with Crippen molar-refractivity contribution in [2.75, 3.05) is 13.1 Å². The number of carbonyl (C=O) groups is 1. The smallest absolute Gasteiger partial charge is 0.251 e. The van der Waals surface area contributed by atoms with E-state index in [4.69, 9.17) is 0 Å². The monoisotopic (exact) mass is 487 g/mol. The molecule has 1 amide bonds. The fraction of sp³-hybridized carbons (Fsp3) is 0.389. The van der Waals surface area contributed by atoms with Gasteiger partial charge in [0.15, 0.2) is 5.96 Å². The number of benzene rings is 1. The van der Waals surface area contributed by atoms with Crippen LogP contribution in [0.4, 0.5) is 0 Å². The highest BCUT2D eigenvalue weighted by Gasteiger charge is 2.04. The lowest BCUT2D eigenvalue weighted by molar-refractivity contribution is 0.0956. The molecule has 3 N–H and O–H groups in total. The van der Waals surface area contributed by atoms with Crippen molar-refractivity contribution in [3.05, 3.63) is 51.5 Å². The summed E-state index contributed by atoms with van der Waals surface area (Å²) >= 11 is 1.68. The van der Waals surface area contributed by atoms with Gasteiger partial charge >= 0.3 is 0 Å². The standard InChI is InChI=1S/C18H25N5OS.HI/c1-4-19-17(24)15-8-6-14(7-9-15)11-22-18(20-5-2)23-12-16-21-10-13(3)25-16;/h6-10H,4-5,11-12H2,1-3H3,(H,19,24)(H2,20,22,23);1H. The molecule has 26 heavy (non-hydrogen) atoms. The summed E-state index contributed by atoms with van der Waals surface area (Å²) in [4.78, 5) is 21.9. The van der Waals surface area contributed by atoms with Crippen LogP contribution in [0.2, 0.25) is 0 Å². The number of hydrogen-bond donors (Lipinski definition) is 3. The maximum atomic E-state index is 11.8. The van der Waals surface area contributed by atoms with E-state index >= 15 is 0 Å². The Bertz CT molecular complexity index is 715. The third kappa shape index (κ3) is 7.28. The zero-order valence-electron chi connectivity index (χ0n) is 15.3. The Hall–Kier alpha value is -1.68. The van der Waals surface area contributed by atoms with Gasteiger partial charge in [-0.2, -0.15) is 0 Å². The number of hydrogen-bond acceptors (Lipinski definition) is 4. The summed E-state index contributed by atoms with van der Waals surface area (Å²) in [6.45, 7) is 8.60. The Labute approximate surface area is 175 Å². The predicted octanol–water partition coefficient (Wildman–Crippen LogP) is 3.07. The number of guanidine groups is 1. The third-order valence-corrected chi connectivity index (χ3v) is 4.31. The van der Waals surface area contributed by atoms with Crippen LogP contribution in [-0.4, -0.2) is 29.9 Å². The molecule has 0 radical (unpaired) electrons. The van der Waals surface area contributed by atoms with E-state index in [0.29, 0.717) is 25.2 Å². The van der Waals surface area contributed by atoms with Crippen molar-refractivity contribution in [2.24, 2.45) is 4.99 Å². The maximum Gasteiger partial charge on any atom is 0.251 e. The van der Waals surface area contributed by atoms with Crippen molar-refractivity contribution in [3.63, 3.8) is 0 Å². The Kier molecular flexibility index (Phi) is 10.2. The van der Waals surface area contributed by atoms with E-state index in [0.717, 1.165) is 23.1 Å². The number of nitrogens with one attached hydrogen (secondary N) is 3. The quantitative estimate of drug-likeness (QED) is 0.319. The topological polar surface area (TPSA) is 78.4 Å². The minimum atomic E-state index is -0.0497. The summed E-state index contributed by atoms with van der Waals surface area (Å²) < 4.78 is 0. The molecule has 1 heterocycles. The highest BCUT2D eigenvalue weighted by molar-refractivity contribution is 14.0. The van der Waals surface area contributed by atoms with E-state index < -0.39 is 0 Å². The number of aromatic nitrogens is 1. The molecule has 8 heteroatoms. The Morgan fingerprint density at radius 3 is 2.38 bits per heavy atom. The number of amides is 1. The van der Waals surface area contributed by atoms with Crippen LogP contribution in [0, 0.1) is 6.92 Å². The normalized spacial score (nSPS) is 10.8. The van der Waals surface area contributed by atoms with Gasteiger partial charge in [0.05, 0.1) is 13.1 Å². The molecule has 0 saturated heterocycles. The molecule has 142 valence electrons. The van der Waals surface area contributed by atoms with Crippen molar-refractivity contribution in [3.8, 4) is 0 Å². The fourth-order valence-electron chi connectivity index (χ4n) is 2.18. The number of carbonyl (C=O) groups excluding carboxylic acids is 1. The second-order valence-corrected chi connectivity index (χ2v) is 6.79. The molecule has 1 aromatic carbocycles. The van der Waals surface area contributed by atoms with Gasteiger partial charge in [-0.3, -0.25) is 4.79 Å². The first-order valence-electron chi connectivity index (χ1n) is 8.43. The van der Waals surface area contributed by atoms with Crippen LogP contribution in [-0.2, 0) is 13.1 Å². The van der Waals surface area contributed by atoms with Crippen LogP contribution in [0.25, 0.3) is 0 Å². The third-order valence-electron chi connectivity index (χ3n) is 3.39. The molecule has 0 saturated carbocycles. The summed E-state index contributed by atoms with van der Waals surface area (Å²) in [5.74, 6) is 0.703. The van der Waals surface area contributed by atoms with Gasteiger partial charge in [-0.1, -0.05) is 12.1 Å². The molecule has 0 aliphatic rings. The minimum absolute atomic E-state index is 0. The molecule has 0 spiro atoms. The molecule has 1 aromatic heterocycles. The zero-order valence-corrected chi connectivity index (χ0v) is 18.5. The lowest BCUT2D eigenvalue weighted by Gasteiger charge is -2.10. The first-order chi connectivity index (χ1) is 12.1. The van der Waals surface area contributed by atoms with Crippen LogP contribution in [0.1, 0.15) is 39.7 Å². The van der Waals surface area contributed by atoms with Crippen molar-refractivity contribution in [2.45, 2.75) is 33.9 Å². The molecule has 0 atom stereocenters. The molecule has 0 aliphatic heterocycles. The number of nitrogens with zero attached hydrogens (tertiary/aromatic N) is 2. The lowest BCUT2D eigenvalue weighted by Crippen LogP contribution is -2.36. The second kappa shape index (κ2) is 11.8. The van der Waals surface area contributed by atoms with E-state index in [9.17, 15) is 4.79 Å². The molecule has 0 aliphatic carbocycles. The van der Waals surface area contributed by atoms with E-state index in [1.165, 1.54) is 4.88 Å². The maximum absolute atomic E-state index is 11.8. The summed E-state index contributed by atoms with van der Waals surface area (Å²) in [5, 5.41) is 10.3. The summed E-state index contributed by atoms with van der Waals surface area (Å²) in [6.07, 6.45) is 1.88. The van der Waals surface area contributed by atoms with Crippen molar-refractivity contribution in [1.29, 1.82) is 0 Å². The number of halogens is 1. The summed E-state index contributed by atoms with van der Waals surface area (Å²) in [7, 11) is 0. The molecule has 0 fully saturated rings. The highest BCUT2D eigenvalue weighted by Crippen LogP contribution is 2.10. The molecule has 0 bridgehead atoms. The van der Waals surface area contributed by atoms with Crippen molar-refractivity contribution >= 4 is 47.2 Å². The highest BCUT2D eigenvalue weighted by atomic mass is 127. The van der Waals surface area contributed by atoms with E-state index in [2.05, 4.69) is 25.9 Å². The molecule has 2 rings (SSSR count). The van der Waals surface area contributed by atoms with Gasteiger partial charge < -0.3 is 16.0 Å². The Balaban J connectivity index is 0.00000338. The average Bonchev–Trinajstić information content (AvgIpc) is 3.03. The van der Waals surface area contributed by atoms with Crippen LogP contribution < -0.4 is 16.0 Å². The zero-order chi connectivity index (χ0) is 18.1. The number of aryl methyl sites for hydroxylation is 1. The first kappa shape index (κ1) is 22.4. The number of rotatable bonds is 7. The number of aliphatic imine (C=N–C) groups is 1. The molecule has 6 nitrogen and oxygen atoms in total. The number of thiazole rings is 1. The predicted molar refractivity (Wildman–Crippen MR) is 118 cm³/mol. The van der Waals surface area contributed by atoms with Crippen LogP contribution in [0.5, 0.6) is 0 Å². The molecular formula is C18H26IN5OS. The molecule has 2 aromatic rings. The Morgan fingerprint density at radius 1 is 1.12 bits per heavy atom. The minimum Gasteiger partial charge on any atom is -0.357 e. The largest absolute Gasteiger partial charge is 0.357 e. The SMILES string of the molecule is CCNC(=O)c1ccc(CN=C(NCC)NCc2ncc(C)s2)cc1.I. The van der Waals surface area contributed by atoms with Crippen LogP contribution in [0.15, 0.2) is 35.5 Å². The van der Waals surface area contributed by atoms with Crippen LogP contribution in [0.3, 0.4) is 0 Å². The van der Waals surface area contributed by atoms with Gasteiger partial charge in [-0.05, 0) is 38.5 Å². The Morgan fingerprint density at radius 2 is 1.81 bits per heavy atom. The molecular weight excluding hydrogens is 461 g/mol. The van der Waals surface area contributed by atoms with Crippen molar-refractivity contribution in [1.82, 2.24) is 20.9 Å². The van der Waals surface area contributed by atoms with E-state index in [1.807, 2.05) is 51.2 Å².